The first-order valence-corrected chi connectivity index (χ1v) is 10.5. The Bertz CT molecular complexity index is 850. The Morgan fingerprint density at radius 3 is 2.32 bits per heavy atom. The molecular weight excluding hydrogens is 358 g/mol. The first-order chi connectivity index (χ1) is 11.9. The number of carbonyl (C=O) groups excluding carboxylic acids is 1. The maximum atomic E-state index is 12.4. The maximum absolute atomic E-state index is 12.4. The smallest absolute Gasteiger partial charge is 0.297 e. The number of thioether (sulfide) groups is 1. The second-order valence-corrected chi connectivity index (χ2v) is 8.39. The summed E-state index contributed by atoms with van der Waals surface area (Å²) in [6, 6.07) is 16.0. The molecule has 2 aromatic rings. The quantitative estimate of drug-likeness (QED) is 0.572. The number of β-lactam (4-membered cyclic amide) rings is 1. The molecule has 7 heteroatoms. The lowest BCUT2D eigenvalue weighted by Crippen LogP contribution is -2.63. The average molecular weight is 377 g/mol. The van der Waals surface area contributed by atoms with Crippen LogP contribution in [0, 0.1) is 6.92 Å². The van der Waals surface area contributed by atoms with Crippen molar-refractivity contribution in [2.75, 3.05) is 6.26 Å². The Balaban J connectivity index is 1.73. The van der Waals surface area contributed by atoms with Crippen LogP contribution in [0.25, 0.3) is 0 Å². The third-order valence-electron chi connectivity index (χ3n) is 4.07. The molecule has 0 aliphatic carbocycles. The molecule has 1 saturated heterocycles. The number of amides is 1. The zero-order chi connectivity index (χ0) is 18.0. The summed E-state index contributed by atoms with van der Waals surface area (Å²) in [6.07, 6.45) is 0.856. The number of benzene rings is 2. The van der Waals surface area contributed by atoms with Crippen molar-refractivity contribution in [1.82, 2.24) is 4.90 Å². The summed E-state index contributed by atoms with van der Waals surface area (Å²) in [5.74, 6) is -0.307. The third-order valence-corrected chi connectivity index (χ3v) is 6.36. The zero-order valence-electron chi connectivity index (χ0n) is 14.0. The van der Waals surface area contributed by atoms with E-state index < -0.39 is 16.2 Å². The first kappa shape index (κ1) is 18.0. The van der Waals surface area contributed by atoms with E-state index in [-0.39, 0.29) is 16.2 Å². The highest BCUT2D eigenvalue weighted by Crippen LogP contribution is 2.34. The van der Waals surface area contributed by atoms with E-state index in [1.807, 2.05) is 43.5 Å². The SMILES string of the molecule is CS[C@@H]1[C@@H](OS(=O)(=O)c2ccc(C)cc2)C(=O)N1Cc1ccccc1. The lowest BCUT2D eigenvalue weighted by atomic mass is 10.1. The van der Waals surface area contributed by atoms with Gasteiger partial charge in [-0.2, -0.15) is 8.42 Å². The Kier molecular flexibility index (Phi) is 5.17. The largest absolute Gasteiger partial charge is 0.321 e. The van der Waals surface area contributed by atoms with Crippen molar-refractivity contribution in [3.63, 3.8) is 0 Å². The van der Waals surface area contributed by atoms with Gasteiger partial charge in [0.1, 0.15) is 5.37 Å². The van der Waals surface area contributed by atoms with Crippen molar-refractivity contribution in [3.8, 4) is 0 Å². The molecule has 3 rings (SSSR count). The van der Waals surface area contributed by atoms with E-state index in [9.17, 15) is 13.2 Å². The molecule has 0 unspecified atom stereocenters. The number of hydrogen-bond acceptors (Lipinski definition) is 5. The lowest BCUT2D eigenvalue weighted by molar-refractivity contribution is -0.156. The maximum Gasteiger partial charge on any atom is 0.297 e. The van der Waals surface area contributed by atoms with Gasteiger partial charge in [0.15, 0.2) is 6.10 Å². The summed E-state index contributed by atoms with van der Waals surface area (Å²) < 4.78 is 30.1. The average Bonchev–Trinajstić information content (AvgIpc) is 2.61. The Morgan fingerprint density at radius 2 is 1.72 bits per heavy atom. The van der Waals surface area contributed by atoms with Gasteiger partial charge in [0.25, 0.3) is 16.0 Å². The third kappa shape index (κ3) is 3.73. The number of hydrogen-bond donors (Lipinski definition) is 0. The molecule has 2 aromatic carbocycles. The van der Waals surface area contributed by atoms with Crippen molar-refractivity contribution in [3.05, 3.63) is 65.7 Å². The Morgan fingerprint density at radius 1 is 1.08 bits per heavy atom. The molecule has 0 aromatic heterocycles. The summed E-state index contributed by atoms with van der Waals surface area (Å²) >= 11 is 1.40. The molecule has 2 atom stereocenters. The summed E-state index contributed by atoms with van der Waals surface area (Å²) in [7, 11) is -3.97. The van der Waals surface area contributed by atoms with Crippen LogP contribution in [-0.2, 0) is 25.6 Å². The van der Waals surface area contributed by atoms with Gasteiger partial charge in [-0.05, 0) is 30.9 Å². The van der Waals surface area contributed by atoms with E-state index in [0.29, 0.717) is 6.54 Å². The highest BCUT2D eigenvalue weighted by atomic mass is 32.2. The van der Waals surface area contributed by atoms with Gasteiger partial charge in [0, 0.05) is 6.54 Å². The van der Waals surface area contributed by atoms with Crippen LogP contribution in [0.5, 0.6) is 0 Å². The van der Waals surface area contributed by atoms with Crippen LogP contribution in [0.2, 0.25) is 0 Å². The van der Waals surface area contributed by atoms with E-state index in [1.165, 1.54) is 23.9 Å². The van der Waals surface area contributed by atoms with Gasteiger partial charge in [-0.1, -0.05) is 48.0 Å². The normalized spacial score (nSPS) is 20.4. The van der Waals surface area contributed by atoms with Crippen LogP contribution in [0.3, 0.4) is 0 Å². The summed E-state index contributed by atoms with van der Waals surface area (Å²) in [5.41, 5.74) is 1.95. The number of aryl methyl sites for hydroxylation is 1. The standard InChI is InChI=1S/C18H19NO4S2/c1-13-8-10-15(11-9-13)25(21,22)23-16-17(20)19(18(16)24-2)12-14-6-4-3-5-7-14/h3-11,16,18H,12H2,1-2H3/t16-,18+/m0/s1. The van der Waals surface area contributed by atoms with Crippen molar-refractivity contribution in [2.45, 2.75) is 29.8 Å². The van der Waals surface area contributed by atoms with Gasteiger partial charge in [0.2, 0.25) is 0 Å². The fourth-order valence-electron chi connectivity index (χ4n) is 2.68. The van der Waals surface area contributed by atoms with Crippen molar-refractivity contribution in [1.29, 1.82) is 0 Å². The van der Waals surface area contributed by atoms with E-state index in [1.54, 1.807) is 17.0 Å². The van der Waals surface area contributed by atoms with Crippen LogP contribution in [0.1, 0.15) is 11.1 Å². The second kappa shape index (κ2) is 7.19. The summed E-state index contributed by atoms with van der Waals surface area (Å²) in [5, 5.41) is -0.326. The van der Waals surface area contributed by atoms with Gasteiger partial charge in [-0.3, -0.25) is 4.79 Å². The predicted molar refractivity (Wildman–Crippen MR) is 97.5 cm³/mol. The molecule has 0 radical (unpaired) electrons. The van der Waals surface area contributed by atoms with E-state index in [4.69, 9.17) is 4.18 Å². The fraction of sp³-hybridized carbons (Fsp3) is 0.278. The van der Waals surface area contributed by atoms with E-state index in [0.717, 1.165) is 11.1 Å². The van der Waals surface area contributed by atoms with Crippen LogP contribution < -0.4 is 0 Å². The highest BCUT2D eigenvalue weighted by Gasteiger charge is 2.50. The van der Waals surface area contributed by atoms with Gasteiger partial charge in [0.05, 0.1) is 4.90 Å². The number of carbonyl (C=O) groups is 1. The van der Waals surface area contributed by atoms with Gasteiger partial charge in [-0.15, -0.1) is 11.8 Å². The minimum atomic E-state index is -3.97. The van der Waals surface area contributed by atoms with Gasteiger partial charge < -0.3 is 4.90 Å². The molecule has 132 valence electrons. The molecule has 1 amide bonds. The fourth-order valence-corrected chi connectivity index (χ4v) is 4.64. The van der Waals surface area contributed by atoms with Crippen molar-refractivity contribution >= 4 is 27.8 Å². The molecule has 1 aliphatic rings. The molecule has 0 spiro atoms. The van der Waals surface area contributed by atoms with E-state index >= 15 is 0 Å². The summed E-state index contributed by atoms with van der Waals surface area (Å²) in [6.45, 7) is 2.31. The molecule has 0 N–H and O–H groups in total. The first-order valence-electron chi connectivity index (χ1n) is 7.79. The molecule has 0 saturated carbocycles. The minimum Gasteiger partial charge on any atom is -0.321 e. The molecule has 1 heterocycles. The Hall–Kier alpha value is -1.83. The number of nitrogens with zero attached hydrogens (tertiary/aromatic N) is 1. The number of likely N-dealkylation sites (tertiary alicyclic amines) is 1. The van der Waals surface area contributed by atoms with Gasteiger partial charge in [-0.25, -0.2) is 4.18 Å². The van der Waals surface area contributed by atoms with Crippen molar-refractivity contribution < 1.29 is 17.4 Å². The van der Waals surface area contributed by atoms with Crippen LogP contribution >= 0.6 is 11.8 Å². The molecule has 1 aliphatic heterocycles. The summed E-state index contributed by atoms with van der Waals surface area (Å²) in [4.78, 5) is 14.1. The molecule has 25 heavy (non-hydrogen) atoms. The van der Waals surface area contributed by atoms with Crippen LogP contribution in [0.4, 0.5) is 0 Å². The van der Waals surface area contributed by atoms with Crippen LogP contribution in [-0.4, -0.2) is 37.0 Å². The van der Waals surface area contributed by atoms with Gasteiger partial charge >= 0.3 is 0 Å². The predicted octanol–water partition coefficient (Wildman–Crippen LogP) is 2.80. The molecule has 5 nitrogen and oxygen atoms in total. The monoisotopic (exact) mass is 377 g/mol. The second-order valence-electron chi connectivity index (χ2n) is 5.86. The lowest BCUT2D eigenvalue weighted by Gasteiger charge is -2.45. The zero-order valence-corrected chi connectivity index (χ0v) is 15.6. The number of rotatable bonds is 6. The molecule has 1 fully saturated rings. The Labute approximate surface area is 152 Å². The van der Waals surface area contributed by atoms with E-state index in [2.05, 4.69) is 0 Å². The topological polar surface area (TPSA) is 63.7 Å². The molecule has 0 bridgehead atoms. The minimum absolute atomic E-state index is 0.0623. The highest BCUT2D eigenvalue weighted by molar-refractivity contribution is 7.99. The van der Waals surface area contributed by atoms with Crippen molar-refractivity contribution in [2.24, 2.45) is 0 Å². The molecular formula is C18H19NO4S2. The van der Waals surface area contributed by atoms with Crippen LogP contribution in [0.15, 0.2) is 59.5 Å².